The topological polar surface area (TPSA) is 140 Å². The highest BCUT2D eigenvalue weighted by atomic mass is 19.1. The molecule has 2 N–H and O–H groups in total. The fourth-order valence-corrected chi connectivity index (χ4v) is 5.69. The maximum absolute atomic E-state index is 14.3. The van der Waals surface area contributed by atoms with Gasteiger partial charge in [0.05, 0.1) is 47.3 Å². The van der Waals surface area contributed by atoms with Gasteiger partial charge >= 0.3 is 11.9 Å². The van der Waals surface area contributed by atoms with Crippen molar-refractivity contribution < 1.29 is 37.9 Å². The summed E-state index contributed by atoms with van der Waals surface area (Å²) in [4.78, 5) is 36.3. The van der Waals surface area contributed by atoms with Gasteiger partial charge in [-0.2, -0.15) is 0 Å². The van der Waals surface area contributed by atoms with Gasteiger partial charge < -0.3 is 24.7 Å². The van der Waals surface area contributed by atoms with E-state index in [0.717, 1.165) is 37.5 Å². The molecular weight excluding hydrogens is 703 g/mol. The fourth-order valence-electron chi connectivity index (χ4n) is 5.69. The van der Waals surface area contributed by atoms with Gasteiger partial charge in [-0.3, -0.25) is 10.1 Å². The second kappa shape index (κ2) is 22.5. The summed E-state index contributed by atoms with van der Waals surface area (Å²) in [5.74, 6) is -1.65. The lowest BCUT2D eigenvalue weighted by Gasteiger charge is -2.15. The molecule has 0 aliphatic heterocycles. The molecule has 10 nitrogen and oxygen atoms in total. The molecule has 4 rings (SSSR count). The zero-order valence-corrected chi connectivity index (χ0v) is 31.6. The minimum atomic E-state index is -1.90. The number of carbonyl (C=O) groups excluding carboxylic acids is 2. The molecule has 4 aromatic rings. The summed E-state index contributed by atoms with van der Waals surface area (Å²) in [6.45, 7) is 4.66. The van der Waals surface area contributed by atoms with Gasteiger partial charge in [-0.15, -0.1) is 0 Å². The Morgan fingerprint density at radius 1 is 0.800 bits per heavy atom. The molecule has 4 aromatic carbocycles. The number of hydrogen-bond donors (Lipinski definition) is 1. The normalized spacial score (nSPS) is 12.2. The molecule has 0 amide bonds. The van der Waals surface area contributed by atoms with Gasteiger partial charge in [0.15, 0.2) is 11.9 Å². The van der Waals surface area contributed by atoms with Crippen molar-refractivity contribution in [1.82, 2.24) is 0 Å². The van der Waals surface area contributed by atoms with E-state index in [4.69, 9.17) is 24.7 Å². The highest BCUT2D eigenvalue weighted by Gasteiger charge is 2.28. The van der Waals surface area contributed by atoms with E-state index in [1.165, 1.54) is 68.9 Å². The zero-order valence-electron chi connectivity index (χ0n) is 31.6. The Balaban J connectivity index is 1.12. The summed E-state index contributed by atoms with van der Waals surface area (Å²) >= 11 is 0. The SMILES string of the molecule is CC[C@H](C)[C@H](F)C(=O)Oc1cc([N+](=O)[O-])c(-c2ccc(C(=O)Oc3ccc(OCCCCCCCCCCCOC=Cc4ccccc4)cc3)cc2)cc1N. The third-order valence-electron chi connectivity index (χ3n) is 9.20. The predicted molar refractivity (Wildman–Crippen MR) is 213 cm³/mol. The number of benzene rings is 4. The van der Waals surface area contributed by atoms with E-state index in [-0.39, 0.29) is 22.6 Å². The van der Waals surface area contributed by atoms with Crippen molar-refractivity contribution in [2.75, 3.05) is 18.9 Å². The number of nitro groups is 1. The zero-order chi connectivity index (χ0) is 39.4. The van der Waals surface area contributed by atoms with E-state index in [9.17, 15) is 24.1 Å². The molecule has 0 unspecified atom stereocenters. The number of anilines is 1. The Morgan fingerprint density at radius 2 is 1.40 bits per heavy atom. The minimum absolute atomic E-state index is 0.0792. The van der Waals surface area contributed by atoms with Gasteiger partial charge in [0, 0.05) is 0 Å². The van der Waals surface area contributed by atoms with Crippen LogP contribution >= 0.6 is 0 Å². The smallest absolute Gasteiger partial charge is 0.346 e. The van der Waals surface area contributed by atoms with Crippen molar-refractivity contribution >= 4 is 29.4 Å². The van der Waals surface area contributed by atoms with Crippen LogP contribution in [0.4, 0.5) is 15.8 Å². The molecule has 0 saturated carbocycles. The molecule has 0 aliphatic carbocycles. The van der Waals surface area contributed by atoms with Crippen molar-refractivity contribution in [2.45, 2.75) is 84.2 Å². The van der Waals surface area contributed by atoms with Gasteiger partial charge in [0.2, 0.25) is 0 Å². The monoisotopic (exact) mass is 754 g/mol. The Labute approximate surface area is 322 Å². The van der Waals surface area contributed by atoms with Crippen molar-refractivity contribution in [1.29, 1.82) is 0 Å². The fraction of sp³-hybridized carbons (Fsp3) is 0.364. The van der Waals surface area contributed by atoms with Crippen LogP contribution in [0.2, 0.25) is 0 Å². The Kier molecular flexibility index (Phi) is 17.2. The first kappa shape index (κ1) is 42.0. The first-order chi connectivity index (χ1) is 26.7. The van der Waals surface area contributed by atoms with Gasteiger partial charge in [-0.05, 0) is 78.4 Å². The lowest BCUT2D eigenvalue weighted by Crippen LogP contribution is -2.28. The van der Waals surface area contributed by atoms with Crippen LogP contribution < -0.4 is 19.9 Å². The van der Waals surface area contributed by atoms with Gasteiger partial charge in [-0.25, -0.2) is 14.0 Å². The second-order valence-electron chi connectivity index (χ2n) is 13.4. The van der Waals surface area contributed by atoms with Crippen LogP contribution in [0, 0.1) is 16.0 Å². The standard InChI is InChI=1S/C44H51FN2O8/c1-3-32(2)42(45)44(49)55-41-31-40(47(50)51)38(30-39(41)46)34-18-20-35(21-19-34)43(48)54-37-24-22-36(23-25-37)53-28-15-10-8-6-4-5-7-9-14-27-52-29-26-33-16-12-11-13-17-33/h11-13,16-26,29-32,42H,3-10,14-15,27-28,46H2,1-2H3/t32-,42-/m0/s1. The predicted octanol–water partition coefficient (Wildman–Crippen LogP) is 10.9. The molecule has 55 heavy (non-hydrogen) atoms. The number of nitrogens with two attached hydrogens (primary N) is 1. The summed E-state index contributed by atoms with van der Waals surface area (Å²) in [7, 11) is 0. The molecule has 292 valence electrons. The third-order valence-corrected chi connectivity index (χ3v) is 9.20. The first-order valence-electron chi connectivity index (χ1n) is 19.0. The molecular formula is C44H51FN2O8. The van der Waals surface area contributed by atoms with Gasteiger partial charge in [-0.1, -0.05) is 108 Å². The largest absolute Gasteiger partial charge is 0.501 e. The first-order valence-corrected chi connectivity index (χ1v) is 19.0. The molecule has 0 heterocycles. The van der Waals surface area contributed by atoms with Crippen LogP contribution in [0.1, 0.15) is 94.0 Å². The van der Waals surface area contributed by atoms with Crippen LogP contribution in [-0.2, 0) is 9.53 Å². The number of esters is 2. The summed E-state index contributed by atoms with van der Waals surface area (Å²) in [6.07, 6.45) is 12.7. The summed E-state index contributed by atoms with van der Waals surface area (Å²) < 4.78 is 36.4. The summed E-state index contributed by atoms with van der Waals surface area (Å²) in [5.41, 5.74) is 7.45. The van der Waals surface area contributed by atoms with Crippen LogP contribution in [0.25, 0.3) is 17.2 Å². The van der Waals surface area contributed by atoms with Crippen molar-refractivity contribution in [3.63, 3.8) is 0 Å². The maximum Gasteiger partial charge on any atom is 0.346 e. The number of carbonyl (C=O) groups is 2. The van der Waals surface area contributed by atoms with Gasteiger partial charge in [0.25, 0.3) is 5.69 Å². The Hall–Kier alpha value is -5.71. The molecule has 11 heteroatoms. The molecule has 0 fully saturated rings. The van der Waals surface area contributed by atoms with Crippen molar-refractivity contribution in [2.24, 2.45) is 5.92 Å². The highest BCUT2D eigenvalue weighted by Crippen LogP contribution is 2.38. The molecule has 2 atom stereocenters. The van der Waals surface area contributed by atoms with E-state index in [1.54, 1.807) is 44.4 Å². The molecule has 0 aromatic heterocycles. The van der Waals surface area contributed by atoms with E-state index in [0.29, 0.717) is 30.1 Å². The van der Waals surface area contributed by atoms with Gasteiger partial charge in [0.1, 0.15) is 11.5 Å². The van der Waals surface area contributed by atoms with Crippen molar-refractivity contribution in [3.05, 3.63) is 118 Å². The number of hydrogen-bond acceptors (Lipinski definition) is 9. The summed E-state index contributed by atoms with van der Waals surface area (Å²) in [6, 6.07) is 25.2. The lowest BCUT2D eigenvalue weighted by atomic mass is 10.0. The maximum atomic E-state index is 14.3. The Bertz CT molecular complexity index is 1830. The van der Waals surface area contributed by atoms with Crippen molar-refractivity contribution in [3.8, 4) is 28.4 Å². The second-order valence-corrected chi connectivity index (χ2v) is 13.4. The molecule has 0 spiro atoms. The summed E-state index contributed by atoms with van der Waals surface area (Å²) in [5, 5.41) is 11.9. The number of unbranched alkanes of at least 4 members (excludes halogenated alkanes) is 8. The number of rotatable bonds is 23. The van der Waals surface area contributed by atoms with Crippen LogP contribution in [0.5, 0.6) is 17.2 Å². The average molecular weight is 755 g/mol. The molecule has 0 saturated heterocycles. The average Bonchev–Trinajstić information content (AvgIpc) is 3.20. The van der Waals surface area contributed by atoms with Crippen LogP contribution in [0.3, 0.4) is 0 Å². The number of nitrogens with zero attached hydrogens (tertiary/aromatic N) is 1. The number of alkyl halides is 1. The quantitative estimate of drug-likeness (QED) is 0.0149. The number of ether oxygens (including phenoxy) is 4. The lowest BCUT2D eigenvalue weighted by molar-refractivity contribution is -0.384. The highest BCUT2D eigenvalue weighted by molar-refractivity contribution is 5.92. The number of nitrogen functional groups attached to an aromatic ring is 1. The van der Waals surface area contributed by atoms with E-state index in [1.807, 2.05) is 24.3 Å². The van der Waals surface area contributed by atoms with Crippen LogP contribution in [-0.4, -0.2) is 36.2 Å². The number of halogens is 1. The molecule has 0 radical (unpaired) electrons. The molecule has 0 bridgehead atoms. The van der Waals surface area contributed by atoms with E-state index >= 15 is 0 Å². The number of nitro benzene ring substituents is 1. The minimum Gasteiger partial charge on any atom is -0.501 e. The van der Waals surface area contributed by atoms with E-state index < -0.39 is 34.6 Å². The molecule has 0 aliphatic rings. The third kappa shape index (κ3) is 13.9. The Morgan fingerprint density at radius 3 is 2.02 bits per heavy atom. The van der Waals surface area contributed by atoms with Crippen LogP contribution in [0.15, 0.2) is 97.3 Å². The van der Waals surface area contributed by atoms with E-state index in [2.05, 4.69) is 12.1 Å².